The summed E-state index contributed by atoms with van der Waals surface area (Å²) < 4.78 is 5.13. The van der Waals surface area contributed by atoms with Crippen molar-refractivity contribution in [2.75, 3.05) is 13.2 Å². The van der Waals surface area contributed by atoms with Gasteiger partial charge in [-0.1, -0.05) is 12.1 Å². The average molecular weight is 196 g/mol. The Kier molecular flexibility index (Phi) is 3.94. The minimum atomic E-state index is -0.871. The molecule has 0 fully saturated rings. The fourth-order valence-electron chi connectivity index (χ4n) is 1.08. The second-order valence-corrected chi connectivity index (χ2v) is 2.79. The van der Waals surface area contributed by atoms with E-state index in [4.69, 9.17) is 14.9 Å². The number of carboxylic acid groups (broad SMARTS) is 1. The second-order valence-electron chi connectivity index (χ2n) is 2.79. The van der Waals surface area contributed by atoms with Gasteiger partial charge in [-0.15, -0.1) is 0 Å². The van der Waals surface area contributed by atoms with Crippen molar-refractivity contribution >= 4 is 5.97 Å². The van der Waals surface area contributed by atoms with E-state index >= 15 is 0 Å². The highest BCUT2D eigenvalue weighted by molar-refractivity contribution is 5.70. The summed E-state index contributed by atoms with van der Waals surface area (Å²) in [6, 6.07) is 6.83. The van der Waals surface area contributed by atoms with Crippen LogP contribution >= 0.6 is 0 Å². The molecule has 0 aliphatic carbocycles. The second kappa shape index (κ2) is 5.24. The van der Waals surface area contributed by atoms with Gasteiger partial charge in [0.25, 0.3) is 0 Å². The molecule has 1 rings (SSSR count). The van der Waals surface area contributed by atoms with Crippen LogP contribution in [0.25, 0.3) is 0 Å². The van der Waals surface area contributed by atoms with E-state index < -0.39 is 5.97 Å². The third kappa shape index (κ3) is 3.45. The first kappa shape index (κ1) is 10.5. The minimum absolute atomic E-state index is 0.0175. The molecule has 76 valence electrons. The summed E-state index contributed by atoms with van der Waals surface area (Å²) in [5, 5.41) is 17.1. The highest BCUT2D eigenvalue weighted by atomic mass is 16.5. The Morgan fingerprint density at radius 1 is 1.43 bits per heavy atom. The Bertz CT molecular complexity index is 309. The number of hydrogen-bond donors (Lipinski definition) is 2. The smallest absolute Gasteiger partial charge is 0.307 e. The number of carbonyl (C=O) groups is 1. The van der Waals surface area contributed by atoms with Crippen molar-refractivity contribution in [1.29, 1.82) is 0 Å². The zero-order chi connectivity index (χ0) is 10.4. The van der Waals surface area contributed by atoms with E-state index in [0.717, 1.165) is 0 Å². The predicted molar refractivity (Wildman–Crippen MR) is 50.4 cm³/mol. The fourth-order valence-corrected chi connectivity index (χ4v) is 1.08. The molecule has 14 heavy (non-hydrogen) atoms. The molecule has 0 unspecified atom stereocenters. The van der Waals surface area contributed by atoms with Gasteiger partial charge in [0.2, 0.25) is 0 Å². The van der Waals surface area contributed by atoms with Crippen molar-refractivity contribution in [3.8, 4) is 5.75 Å². The van der Waals surface area contributed by atoms with Crippen molar-refractivity contribution in [1.82, 2.24) is 0 Å². The molecule has 4 nitrogen and oxygen atoms in total. The van der Waals surface area contributed by atoms with E-state index in [2.05, 4.69) is 0 Å². The number of aliphatic carboxylic acids is 1. The summed E-state index contributed by atoms with van der Waals surface area (Å²) in [6.07, 6.45) is -0.0175. The van der Waals surface area contributed by atoms with Gasteiger partial charge in [0.05, 0.1) is 13.0 Å². The number of benzene rings is 1. The van der Waals surface area contributed by atoms with Crippen molar-refractivity contribution in [3.05, 3.63) is 29.8 Å². The van der Waals surface area contributed by atoms with Gasteiger partial charge in [0, 0.05) is 0 Å². The number of hydrogen-bond acceptors (Lipinski definition) is 3. The number of ether oxygens (including phenoxy) is 1. The van der Waals surface area contributed by atoms with Gasteiger partial charge in [-0.3, -0.25) is 4.79 Å². The lowest BCUT2D eigenvalue weighted by Crippen LogP contribution is -2.03. The molecule has 0 saturated heterocycles. The van der Waals surface area contributed by atoms with Crippen molar-refractivity contribution in [3.63, 3.8) is 0 Å². The predicted octanol–water partition coefficient (Wildman–Crippen LogP) is 0.685. The highest BCUT2D eigenvalue weighted by Gasteiger charge is 2.01. The Morgan fingerprint density at radius 2 is 2.21 bits per heavy atom. The first-order chi connectivity index (χ1) is 6.72. The van der Waals surface area contributed by atoms with Gasteiger partial charge in [-0.2, -0.15) is 0 Å². The van der Waals surface area contributed by atoms with Crippen LogP contribution in [0.4, 0.5) is 0 Å². The molecule has 0 aliphatic rings. The van der Waals surface area contributed by atoms with Gasteiger partial charge < -0.3 is 14.9 Å². The van der Waals surface area contributed by atoms with E-state index in [-0.39, 0.29) is 19.6 Å². The molecule has 0 aromatic heterocycles. The molecule has 0 heterocycles. The number of aliphatic hydroxyl groups excluding tert-OH is 1. The molecule has 4 heteroatoms. The van der Waals surface area contributed by atoms with E-state index in [1.807, 2.05) is 0 Å². The van der Waals surface area contributed by atoms with Crippen LogP contribution in [-0.2, 0) is 11.2 Å². The van der Waals surface area contributed by atoms with Crippen molar-refractivity contribution in [2.24, 2.45) is 0 Å². The van der Waals surface area contributed by atoms with Gasteiger partial charge in [-0.25, -0.2) is 0 Å². The van der Waals surface area contributed by atoms with Crippen LogP contribution in [0, 0.1) is 0 Å². The van der Waals surface area contributed by atoms with Crippen LogP contribution < -0.4 is 4.74 Å². The Labute approximate surface area is 81.8 Å². The van der Waals surface area contributed by atoms with Gasteiger partial charge in [0.1, 0.15) is 12.4 Å². The van der Waals surface area contributed by atoms with Gasteiger partial charge in [0.15, 0.2) is 0 Å². The summed E-state index contributed by atoms with van der Waals surface area (Å²) >= 11 is 0. The zero-order valence-corrected chi connectivity index (χ0v) is 7.64. The Hall–Kier alpha value is -1.55. The SMILES string of the molecule is O=C(O)Cc1cccc(OCCO)c1. The Morgan fingerprint density at radius 3 is 2.86 bits per heavy atom. The summed E-state index contributed by atoms with van der Waals surface area (Å²) in [5.41, 5.74) is 0.688. The quantitative estimate of drug-likeness (QED) is 0.726. The number of carboxylic acids is 1. The summed E-state index contributed by atoms with van der Waals surface area (Å²) in [7, 11) is 0. The van der Waals surface area contributed by atoms with Crippen LogP contribution in [0.2, 0.25) is 0 Å². The number of rotatable bonds is 5. The molecule has 0 bridgehead atoms. The monoisotopic (exact) mass is 196 g/mol. The largest absolute Gasteiger partial charge is 0.491 e. The lowest BCUT2D eigenvalue weighted by molar-refractivity contribution is -0.136. The lowest BCUT2D eigenvalue weighted by Gasteiger charge is -2.05. The molecule has 0 amide bonds. The Balaban J connectivity index is 2.63. The summed E-state index contributed by atoms with van der Waals surface area (Å²) in [6.45, 7) is 0.166. The van der Waals surface area contributed by atoms with E-state index in [0.29, 0.717) is 11.3 Å². The molecule has 0 atom stereocenters. The topological polar surface area (TPSA) is 66.8 Å². The molecule has 0 spiro atoms. The fraction of sp³-hybridized carbons (Fsp3) is 0.300. The third-order valence-corrected chi connectivity index (χ3v) is 1.61. The maximum Gasteiger partial charge on any atom is 0.307 e. The highest BCUT2D eigenvalue weighted by Crippen LogP contribution is 2.13. The standard InChI is InChI=1S/C10H12O4/c11-4-5-14-9-3-1-2-8(6-9)7-10(12)13/h1-3,6,11H,4-5,7H2,(H,12,13). The lowest BCUT2D eigenvalue weighted by atomic mass is 10.1. The molecule has 0 radical (unpaired) electrons. The maximum atomic E-state index is 10.4. The van der Waals surface area contributed by atoms with Crippen LogP contribution in [0.3, 0.4) is 0 Å². The molecule has 2 N–H and O–H groups in total. The van der Waals surface area contributed by atoms with Crippen LogP contribution in [-0.4, -0.2) is 29.4 Å². The zero-order valence-electron chi connectivity index (χ0n) is 7.64. The van der Waals surface area contributed by atoms with Crippen LogP contribution in [0.1, 0.15) is 5.56 Å². The van der Waals surface area contributed by atoms with E-state index in [1.54, 1.807) is 24.3 Å². The van der Waals surface area contributed by atoms with Crippen LogP contribution in [0.5, 0.6) is 5.75 Å². The average Bonchev–Trinajstić information content (AvgIpc) is 2.14. The van der Waals surface area contributed by atoms with E-state index in [9.17, 15) is 4.79 Å². The van der Waals surface area contributed by atoms with Crippen molar-refractivity contribution in [2.45, 2.75) is 6.42 Å². The van der Waals surface area contributed by atoms with Crippen molar-refractivity contribution < 1.29 is 19.7 Å². The molecule has 0 saturated carbocycles. The normalized spacial score (nSPS) is 9.79. The van der Waals surface area contributed by atoms with Crippen LogP contribution in [0.15, 0.2) is 24.3 Å². The number of aliphatic hydroxyl groups is 1. The first-order valence-electron chi connectivity index (χ1n) is 4.27. The summed E-state index contributed by atoms with van der Waals surface area (Å²) in [4.78, 5) is 10.4. The molecular weight excluding hydrogens is 184 g/mol. The van der Waals surface area contributed by atoms with Gasteiger partial charge in [-0.05, 0) is 17.7 Å². The third-order valence-electron chi connectivity index (χ3n) is 1.61. The van der Waals surface area contributed by atoms with E-state index in [1.165, 1.54) is 0 Å². The molecule has 1 aromatic carbocycles. The maximum absolute atomic E-state index is 10.4. The minimum Gasteiger partial charge on any atom is -0.491 e. The molecule has 1 aromatic rings. The summed E-state index contributed by atoms with van der Waals surface area (Å²) in [5.74, 6) is -0.290. The molecular formula is C10H12O4. The first-order valence-corrected chi connectivity index (χ1v) is 4.27. The molecule has 0 aliphatic heterocycles. The van der Waals surface area contributed by atoms with Gasteiger partial charge >= 0.3 is 5.97 Å².